The molecule has 48 heavy (non-hydrogen) atoms. The third-order valence-electron chi connectivity index (χ3n) is 9.81. The number of hydrogen-bond donors (Lipinski definition) is 7. The number of aliphatic hydroxyl groups excluding tert-OH is 1. The van der Waals surface area contributed by atoms with Crippen molar-refractivity contribution in [2.75, 3.05) is 27.4 Å². The molecule has 0 unspecified atom stereocenters. The van der Waals surface area contributed by atoms with Crippen molar-refractivity contribution in [2.45, 2.75) is 88.7 Å². The molecule has 2 aromatic carbocycles. The van der Waals surface area contributed by atoms with Crippen molar-refractivity contribution in [3.63, 3.8) is 0 Å². The molecule has 3 aliphatic heterocycles. The van der Waals surface area contributed by atoms with Gasteiger partial charge in [-0.15, -0.1) is 0 Å². The lowest BCUT2D eigenvalue weighted by Gasteiger charge is -2.46. The van der Waals surface area contributed by atoms with Gasteiger partial charge >= 0.3 is 5.97 Å². The van der Waals surface area contributed by atoms with Crippen LogP contribution in [0.25, 0.3) is 0 Å². The topological polar surface area (TPSA) is 185 Å². The van der Waals surface area contributed by atoms with Crippen LogP contribution >= 0.6 is 0 Å². The average Bonchev–Trinajstić information content (AvgIpc) is 3.05. The first-order chi connectivity index (χ1) is 23.0. The van der Waals surface area contributed by atoms with E-state index in [0.717, 1.165) is 17.6 Å². The molecule has 0 saturated carbocycles. The second kappa shape index (κ2) is 15.4. The van der Waals surface area contributed by atoms with E-state index in [0.29, 0.717) is 62.2 Å². The van der Waals surface area contributed by atoms with Gasteiger partial charge < -0.3 is 55.7 Å². The first-order valence-corrected chi connectivity index (χ1v) is 16.6. The minimum absolute atomic E-state index is 0.0548. The number of phenols is 2. The lowest BCUT2D eigenvalue weighted by molar-refractivity contribution is -0.141. The molecule has 3 aliphatic rings. The number of aromatic hydroxyl groups is 2. The molecule has 2 aromatic rings. The smallest absolute Gasteiger partial charge is 0.303 e. The van der Waals surface area contributed by atoms with Gasteiger partial charge in [-0.05, 0) is 92.5 Å². The molecule has 0 spiro atoms. The van der Waals surface area contributed by atoms with E-state index in [1.807, 2.05) is 18.2 Å². The highest BCUT2D eigenvalue weighted by Crippen LogP contribution is 2.46. The molecule has 0 bridgehead atoms. The Bertz CT molecular complexity index is 1510. The van der Waals surface area contributed by atoms with E-state index in [2.05, 4.69) is 17.6 Å². The van der Waals surface area contributed by atoms with Gasteiger partial charge in [-0.3, -0.25) is 4.79 Å². The maximum atomic E-state index is 12.2. The molecule has 2 saturated heterocycles. The summed E-state index contributed by atoms with van der Waals surface area (Å²) in [6.45, 7) is 2.76. The molecule has 0 amide bonds. The molecule has 262 valence electrons. The van der Waals surface area contributed by atoms with E-state index in [1.54, 1.807) is 24.3 Å². The molecular weight excluding hydrogens is 618 g/mol. The molecule has 0 radical (unpaired) electrons. The van der Waals surface area contributed by atoms with Crippen molar-refractivity contribution in [2.24, 2.45) is 11.1 Å². The van der Waals surface area contributed by atoms with Gasteiger partial charge in [0.15, 0.2) is 23.0 Å². The van der Waals surface area contributed by atoms with Crippen LogP contribution in [0.3, 0.4) is 0 Å². The number of carbonyl (C=O) groups is 1. The van der Waals surface area contributed by atoms with Crippen LogP contribution in [0, 0.1) is 5.41 Å². The number of methoxy groups -OCH3 is 2. The summed E-state index contributed by atoms with van der Waals surface area (Å²) in [5.41, 5.74) is 8.03. The first-order valence-electron chi connectivity index (χ1n) is 16.6. The van der Waals surface area contributed by atoms with Gasteiger partial charge in [0.2, 0.25) is 5.75 Å². The second-order valence-electron chi connectivity index (χ2n) is 13.3. The Morgan fingerprint density at radius 1 is 1.10 bits per heavy atom. The van der Waals surface area contributed by atoms with Crippen molar-refractivity contribution in [3.05, 3.63) is 65.0 Å². The summed E-state index contributed by atoms with van der Waals surface area (Å²) in [6, 6.07) is 8.45. The van der Waals surface area contributed by atoms with Crippen molar-refractivity contribution >= 4 is 5.97 Å². The highest BCUT2D eigenvalue weighted by atomic mass is 16.5. The summed E-state index contributed by atoms with van der Waals surface area (Å²) in [6.07, 6.45) is 6.68. The zero-order chi connectivity index (χ0) is 34.4. The van der Waals surface area contributed by atoms with Crippen molar-refractivity contribution in [1.29, 1.82) is 0 Å². The number of dihydropyridines is 1. The minimum atomic E-state index is -0.888. The molecule has 5 rings (SSSR count). The number of rotatable bonds is 13. The molecule has 6 atom stereocenters. The molecule has 0 aromatic heterocycles. The Balaban J connectivity index is 1.34. The van der Waals surface area contributed by atoms with Gasteiger partial charge in [-0.25, -0.2) is 0 Å². The number of carboxylic acids is 1. The SMILES string of the molecule is COc1cc(CC[C@H]2C[C@H](O)C[C@@H](c3cc(OC)c(O)c(OC[C@H]4N[C@H](C)CC[C@]4(CC(=O)O)CC4=CCNC(N)=C4)c3)O2)ccc1O. The van der Waals surface area contributed by atoms with E-state index in [9.17, 15) is 25.2 Å². The fraction of sp³-hybridized carbons (Fsp3) is 0.528. The van der Waals surface area contributed by atoms with Crippen LogP contribution in [0.2, 0.25) is 0 Å². The van der Waals surface area contributed by atoms with E-state index in [1.165, 1.54) is 14.2 Å². The number of carboxylic acid groups (broad SMARTS) is 1. The Labute approximate surface area is 281 Å². The van der Waals surface area contributed by atoms with Crippen LogP contribution in [0.1, 0.15) is 69.1 Å². The number of allylic oxidation sites excluding steroid dienone is 2. The van der Waals surface area contributed by atoms with E-state index < -0.39 is 23.6 Å². The average molecular weight is 668 g/mol. The third kappa shape index (κ3) is 8.47. The van der Waals surface area contributed by atoms with Crippen LogP contribution in [-0.4, -0.2) is 78.1 Å². The number of nitrogens with two attached hydrogens (primary N) is 1. The highest BCUT2D eigenvalue weighted by Gasteiger charge is 2.45. The summed E-state index contributed by atoms with van der Waals surface area (Å²) >= 11 is 0. The number of ether oxygens (including phenoxy) is 4. The summed E-state index contributed by atoms with van der Waals surface area (Å²) in [5.74, 6) is 0.377. The molecule has 8 N–H and O–H groups in total. The second-order valence-corrected chi connectivity index (χ2v) is 13.3. The normalized spacial score (nSPS) is 27.3. The Morgan fingerprint density at radius 3 is 2.60 bits per heavy atom. The van der Waals surface area contributed by atoms with Crippen LogP contribution in [0.4, 0.5) is 0 Å². The third-order valence-corrected chi connectivity index (χ3v) is 9.81. The van der Waals surface area contributed by atoms with Gasteiger partial charge in [-0.2, -0.15) is 0 Å². The fourth-order valence-electron chi connectivity index (χ4n) is 7.26. The quantitative estimate of drug-likeness (QED) is 0.163. The maximum absolute atomic E-state index is 12.2. The standard InChI is InChI=1S/C36H49N3O9/c1-21-8-10-36(19-34(42)43,18-23-9-11-38-33(37)13-23)32(39-21)20-47-31-15-24(14-30(46-3)35(31)44)28-17-25(40)16-26(48-28)6-4-22-5-7-27(41)29(12-22)45-2/h5,7,9,12-15,21,25-26,28,32,38-41,44H,4,6,8,10-11,16-20,37H2,1-3H3,(H,42,43)/t21-,25+,26+,28+,32-,36-/m1/s1. The predicted octanol–water partition coefficient (Wildman–Crippen LogP) is 4.03. The number of hydrogen-bond acceptors (Lipinski definition) is 11. The zero-order valence-electron chi connectivity index (χ0n) is 27.9. The van der Waals surface area contributed by atoms with Crippen molar-refractivity contribution in [1.82, 2.24) is 10.6 Å². The summed E-state index contributed by atoms with van der Waals surface area (Å²) < 4.78 is 23.6. The van der Waals surface area contributed by atoms with Gasteiger partial charge in [0.1, 0.15) is 6.61 Å². The number of aryl methyl sites for hydroxylation is 1. The largest absolute Gasteiger partial charge is 0.504 e. The lowest BCUT2D eigenvalue weighted by atomic mass is 9.66. The van der Waals surface area contributed by atoms with E-state index >= 15 is 0 Å². The number of aliphatic hydroxyl groups is 1. The summed E-state index contributed by atoms with van der Waals surface area (Å²) in [4.78, 5) is 12.2. The minimum Gasteiger partial charge on any atom is -0.504 e. The number of aliphatic carboxylic acids is 1. The molecule has 2 fully saturated rings. The van der Waals surface area contributed by atoms with Gasteiger partial charge in [0.05, 0.1) is 44.8 Å². The Morgan fingerprint density at radius 2 is 1.88 bits per heavy atom. The molecule has 3 heterocycles. The van der Waals surface area contributed by atoms with Crippen LogP contribution in [0.5, 0.6) is 28.7 Å². The molecule has 0 aliphatic carbocycles. The van der Waals surface area contributed by atoms with E-state index in [-0.39, 0.29) is 54.2 Å². The van der Waals surface area contributed by atoms with E-state index in [4.69, 9.17) is 24.7 Å². The number of piperidine rings is 1. The number of nitrogens with one attached hydrogen (secondary N) is 2. The van der Waals surface area contributed by atoms with Crippen molar-refractivity contribution < 1.29 is 44.2 Å². The van der Waals surface area contributed by atoms with Gasteiger partial charge in [0.25, 0.3) is 0 Å². The number of benzene rings is 2. The van der Waals surface area contributed by atoms with Gasteiger partial charge in [-0.1, -0.05) is 12.1 Å². The molecular formula is C36H49N3O9. The monoisotopic (exact) mass is 667 g/mol. The summed E-state index contributed by atoms with van der Waals surface area (Å²) in [5, 5.41) is 48.5. The van der Waals surface area contributed by atoms with Crippen LogP contribution in [-0.2, 0) is 16.0 Å². The maximum Gasteiger partial charge on any atom is 0.303 e. The fourth-order valence-corrected chi connectivity index (χ4v) is 7.26. The number of phenolic OH excluding ortho intramolecular Hbond substituents is 2. The zero-order valence-corrected chi connectivity index (χ0v) is 27.9. The van der Waals surface area contributed by atoms with Crippen LogP contribution in [0.15, 0.2) is 53.9 Å². The Hall–Kier alpha value is -4.13. The van der Waals surface area contributed by atoms with Gasteiger partial charge in [0, 0.05) is 30.5 Å². The highest BCUT2D eigenvalue weighted by molar-refractivity contribution is 5.68. The van der Waals surface area contributed by atoms with Crippen LogP contribution < -0.4 is 30.6 Å². The Kier molecular flexibility index (Phi) is 11.3. The summed E-state index contributed by atoms with van der Waals surface area (Å²) in [7, 11) is 2.97. The predicted molar refractivity (Wildman–Crippen MR) is 179 cm³/mol. The first kappa shape index (κ1) is 35.2. The molecule has 12 heteroatoms. The lowest BCUT2D eigenvalue weighted by Crippen LogP contribution is -2.57. The molecule has 12 nitrogen and oxygen atoms in total. The van der Waals surface area contributed by atoms with Crippen molar-refractivity contribution in [3.8, 4) is 28.7 Å².